The molecular formula is C8H10N3O. The van der Waals surface area contributed by atoms with Crippen molar-refractivity contribution in [2.75, 3.05) is 5.32 Å². The molecular weight excluding hydrogens is 154 g/mol. The van der Waals surface area contributed by atoms with Gasteiger partial charge in [0.15, 0.2) is 5.96 Å². The van der Waals surface area contributed by atoms with Crippen LogP contribution in [0.3, 0.4) is 0 Å². The van der Waals surface area contributed by atoms with Gasteiger partial charge in [-0.2, -0.15) is 0 Å². The maximum absolute atomic E-state index is 10.5. The number of hydrogen-bond donors (Lipinski definition) is 3. The monoisotopic (exact) mass is 164 g/mol. The maximum atomic E-state index is 10.5. The molecule has 0 atom stereocenters. The van der Waals surface area contributed by atoms with Gasteiger partial charge >= 0.3 is 0 Å². The first kappa shape index (κ1) is 8.55. The van der Waals surface area contributed by atoms with Crippen molar-refractivity contribution in [2.24, 2.45) is 5.73 Å². The summed E-state index contributed by atoms with van der Waals surface area (Å²) in [6.45, 7) is -0.257. The van der Waals surface area contributed by atoms with Crippen LogP contribution in [0.15, 0.2) is 24.3 Å². The molecule has 0 amide bonds. The third-order valence-corrected chi connectivity index (χ3v) is 1.37. The zero-order valence-electron chi connectivity index (χ0n) is 6.50. The molecule has 0 spiro atoms. The predicted octanol–water partition coefficient (Wildman–Crippen LogP) is 0.922. The third-order valence-electron chi connectivity index (χ3n) is 1.37. The van der Waals surface area contributed by atoms with Gasteiger partial charge in [0, 0.05) is 5.69 Å². The van der Waals surface area contributed by atoms with Gasteiger partial charge in [-0.15, -0.1) is 0 Å². The number of guanidine groups is 1. The molecule has 1 radical (unpaired) electrons. The minimum atomic E-state index is -0.257. The lowest BCUT2D eigenvalue weighted by molar-refractivity contribution is 0.177. The van der Waals surface area contributed by atoms with Gasteiger partial charge in [-0.3, -0.25) is 5.41 Å². The zero-order chi connectivity index (χ0) is 8.97. The van der Waals surface area contributed by atoms with Crippen molar-refractivity contribution in [3.8, 4) is 0 Å². The van der Waals surface area contributed by atoms with E-state index < -0.39 is 0 Å². The van der Waals surface area contributed by atoms with Crippen LogP contribution in [0.1, 0.15) is 5.56 Å². The van der Waals surface area contributed by atoms with E-state index >= 15 is 0 Å². The molecule has 4 N–H and O–H groups in total. The van der Waals surface area contributed by atoms with Crippen LogP contribution in [0.5, 0.6) is 0 Å². The first-order valence-electron chi connectivity index (χ1n) is 3.50. The molecule has 0 aromatic heterocycles. The molecule has 4 nitrogen and oxygen atoms in total. The molecule has 0 heterocycles. The summed E-state index contributed by atoms with van der Waals surface area (Å²) in [6, 6.07) is 6.91. The Morgan fingerprint density at radius 3 is 2.92 bits per heavy atom. The van der Waals surface area contributed by atoms with Gasteiger partial charge in [0.1, 0.15) is 6.61 Å². The minimum Gasteiger partial charge on any atom is -0.370 e. The molecule has 0 aliphatic heterocycles. The number of nitrogens with one attached hydrogen (secondary N) is 2. The van der Waals surface area contributed by atoms with Crippen LogP contribution in [-0.2, 0) is 11.7 Å². The van der Waals surface area contributed by atoms with Gasteiger partial charge in [-0.25, -0.2) is 5.11 Å². The van der Waals surface area contributed by atoms with Crippen LogP contribution in [0.4, 0.5) is 5.69 Å². The van der Waals surface area contributed by atoms with E-state index in [1.54, 1.807) is 24.3 Å². The number of nitrogens with two attached hydrogens (primary N) is 1. The molecule has 1 aromatic rings. The molecule has 0 fully saturated rings. The standard InChI is InChI=1S/C8H10N3O/c9-8(10)11-7-3-1-2-6(4-7)5-12/h1-4H,5H2,(H4,9,10,11). The number of hydrogen-bond acceptors (Lipinski definition) is 1. The van der Waals surface area contributed by atoms with Crippen molar-refractivity contribution < 1.29 is 5.11 Å². The van der Waals surface area contributed by atoms with Crippen molar-refractivity contribution >= 4 is 11.6 Å². The van der Waals surface area contributed by atoms with Gasteiger partial charge in [0.2, 0.25) is 0 Å². The van der Waals surface area contributed by atoms with E-state index in [-0.39, 0.29) is 12.6 Å². The van der Waals surface area contributed by atoms with Gasteiger partial charge in [0.05, 0.1) is 0 Å². The van der Waals surface area contributed by atoms with E-state index in [0.717, 1.165) is 0 Å². The highest BCUT2D eigenvalue weighted by molar-refractivity contribution is 5.89. The van der Waals surface area contributed by atoms with Crippen molar-refractivity contribution in [3.05, 3.63) is 29.8 Å². The van der Waals surface area contributed by atoms with E-state index in [4.69, 9.17) is 11.1 Å². The summed E-state index contributed by atoms with van der Waals surface area (Å²) in [7, 11) is 0. The van der Waals surface area contributed by atoms with E-state index in [1.807, 2.05) is 0 Å². The Labute approximate surface area is 70.5 Å². The SMILES string of the molecule is N=C(N)Nc1cccc(C[O])c1. The second-order valence-electron chi connectivity index (χ2n) is 2.38. The molecule has 0 saturated heterocycles. The number of rotatable bonds is 2. The average Bonchev–Trinajstić information content (AvgIpc) is 2.03. The molecule has 0 bridgehead atoms. The fourth-order valence-electron chi connectivity index (χ4n) is 0.894. The summed E-state index contributed by atoms with van der Waals surface area (Å²) in [5, 5.41) is 20.0. The Hall–Kier alpha value is -1.55. The summed E-state index contributed by atoms with van der Waals surface area (Å²) < 4.78 is 0. The highest BCUT2D eigenvalue weighted by atomic mass is 16.3. The zero-order valence-corrected chi connectivity index (χ0v) is 6.50. The van der Waals surface area contributed by atoms with E-state index in [1.165, 1.54) is 0 Å². The normalized spacial score (nSPS) is 9.42. The van der Waals surface area contributed by atoms with E-state index in [0.29, 0.717) is 11.3 Å². The maximum Gasteiger partial charge on any atom is 0.190 e. The lowest BCUT2D eigenvalue weighted by Crippen LogP contribution is -2.20. The Morgan fingerprint density at radius 2 is 2.33 bits per heavy atom. The van der Waals surface area contributed by atoms with Gasteiger partial charge in [0.25, 0.3) is 0 Å². The van der Waals surface area contributed by atoms with Crippen LogP contribution < -0.4 is 11.1 Å². The van der Waals surface area contributed by atoms with Crippen LogP contribution >= 0.6 is 0 Å². The van der Waals surface area contributed by atoms with Gasteiger partial charge in [-0.1, -0.05) is 12.1 Å². The highest BCUT2D eigenvalue weighted by Gasteiger charge is 1.94. The molecule has 0 unspecified atom stereocenters. The van der Waals surface area contributed by atoms with E-state index in [2.05, 4.69) is 5.32 Å². The third kappa shape index (κ3) is 2.25. The number of anilines is 1. The Kier molecular flexibility index (Phi) is 2.66. The van der Waals surface area contributed by atoms with Crippen LogP contribution in [0.2, 0.25) is 0 Å². The summed E-state index contributed by atoms with van der Waals surface area (Å²) in [5.41, 5.74) is 6.47. The van der Waals surface area contributed by atoms with E-state index in [9.17, 15) is 5.11 Å². The average molecular weight is 164 g/mol. The van der Waals surface area contributed by atoms with Gasteiger partial charge in [-0.05, 0) is 17.7 Å². The smallest absolute Gasteiger partial charge is 0.190 e. The Morgan fingerprint density at radius 1 is 1.58 bits per heavy atom. The summed E-state index contributed by atoms with van der Waals surface area (Å²) in [4.78, 5) is 0. The predicted molar refractivity (Wildman–Crippen MR) is 46.4 cm³/mol. The second-order valence-corrected chi connectivity index (χ2v) is 2.38. The summed E-state index contributed by atoms with van der Waals surface area (Å²) >= 11 is 0. The molecule has 0 saturated carbocycles. The number of benzene rings is 1. The lowest BCUT2D eigenvalue weighted by Gasteiger charge is -2.03. The fourth-order valence-corrected chi connectivity index (χ4v) is 0.894. The second kappa shape index (κ2) is 3.73. The van der Waals surface area contributed by atoms with Crippen molar-refractivity contribution in [3.63, 3.8) is 0 Å². The molecule has 12 heavy (non-hydrogen) atoms. The largest absolute Gasteiger partial charge is 0.370 e. The Balaban J connectivity index is 2.79. The molecule has 0 aliphatic carbocycles. The first-order chi connectivity index (χ1) is 5.72. The quantitative estimate of drug-likeness (QED) is 0.448. The fraction of sp³-hybridized carbons (Fsp3) is 0.125. The summed E-state index contributed by atoms with van der Waals surface area (Å²) in [5.74, 6) is -0.127. The lowest BCUT2D eigenvalue weighted by atomic mass is 10.2. The first-order valence-corrected chi connectivity index (χ1v) is 3.50. The Bertz CT molecular complexity index is 285. The van der Waals surface area contributed by atoms with Crippen LogP contribution in [-0.4, -0.2) is 5.96 Å². The summed E-state index contributed by atoms with van der Waals surface area (Å²) in [6.07, 6.45) is 0. The van der Waals surface area contributed by atoms with Crippen LogP contribution in [0, 0.1) is 5.41 Å². The minimum absolute atomic E-state index is 0.127. The van der Waals surface area contributed by atoms with Crippen molar-refractivity contribution in [2.45, 2.75) is 6.61 Å². The van der Waals surface area contributed by atoms with Crippen molar-refractivity contribution in [1.29, 1.82) is 5.41 Å². The molecule has 4 heteroatoms. The van der Waals surface area contributed by atoms with Crippen LogP contribution in [0.25, 0.3) is 0 Å². The molecule has 0 aliphatic rings. The van der Waals surface area contributed by atoms with Crippen molar-refractivity contribution in [1.82, 2.24) is 0 Å². The molecule has 1 aromatic carbocycles. The topological polar surface area (TPSA) is 81.8 Å². The van der Waals surface area contributed by atoms with Gasteiger partial charge < -0.3 is 11.1 Å². The molecule has 1 rings (SSSR count). The molecule has 63 valence electrons. The highest BCUT2D eigenvalue weighted by Crippen LogP contribution is 2.09.